The van der Waals surface area contributed by atoms with Gasteiger partial charge < -0.3 is 11.0 Å². The van der Waals surface area contributed by atoms with Crippen molar-refractivity contribution < 1.29 is 113 Å². The van der Waals surface area contributed by atoms with Crippen LogP contribution in [0.15, 0.2) is 0 Å². The molecule has 0 aromatic rings. The summed E-state index contributed by atoms with van der Waals surface area (Å²) in [5.74, 6) is 0. The van der Waals surface area contributed by atoms with Crippen LogP contribution in [0, 0.1) is 71.5 Å². The first-order valence-electron chi connectivity index (χ1n) is 2.93. The Morgan fingerprint density at radius 2 is 0.810 bits per heavy atom. The van der Waals surface area contributed by atoms with E-state index in [1.165, 1.54) is 0 Å². The van der Waals surface area contributed by atoms with Gasteiger partial charge in [-0.1, -0.05) is 0 Å². The molecule has 0 aliphatic rings. The average molecular weight is 363 g/mol. The van der Waals surface area contributed by atoms with Gasteiger partial charge in [0.05, 0.1) is 0 Å². The molecule has 0 unspecified atom stereocenters. The third-order valence-corrected chi connectivity index (χ3v) is 7.36. The summed E-state index contributed by atoms with van der Waals surface area (Å²) in [6.45, 7) is 0. The average Bonchev–Trinajstić information content (AvgIpc) is 2.37. The standard InChI is InChI=1S/6CN.Fe.NO2.3Na.2H2O/c6*1-2;;2-1-3;;;;;/h;;;;;;;;;;;2*1H2/q;;;;;;-3;;3*+1;;. The van der Waals surface area contributed by atoms with Gasteiger partial charge in [-0.05, 0) is 0 Å². The molecule has 0 aromatic heterocycles. The minimum atomic E-state index is -8.25. The molecule has 98 valence electrons. The van der Waals surface area contributed by atoms with Crippen LogP contribution in [0.4, 0.5) is 0 Å². The molecule has 4 N–H and O–H groups in total. The first-order chi connectivity index (χ1) is 7.22. The first kappa shape index (κ1) is 37.2. The van der Waals surface area contributed by atoms with Gasteiger partial charge >= 0.3 is 174 Å². The van der Waals surface area contributed by atoms with E-state index in [-0.39, 0.29) is 99.6 Å². The van der Waals surface area contributed by atoms with Crippen molar-refractivity contribution in [1.29, 1.82) is 31.6 Å². The summed E-state index contributed by atoms with van der Waals surface area (Å²) in [4.78, 5) is 14.2. The zero-order chi connectivity index (χ0) is 13.2. The maximum absolute atomic E-state index is 10.9. The van der Waals surface area contributed by atoms with E-state index in [9.17, 15) is 10.1 Å². The van der Waals surface area contributed by atoms with Crippen LogP contribution in [0.25, 0.3) is 0 Å². The van der Waals surface area contributed by atoms with Gasteiger partial charge in [-0.2, -0.15) is 0 Å². The van der Waals surface area contributed by atoms with Gasteiger partial charge in [0.1, 0.15) is 0 Å². The van der Waals surface area contributed by atoms with Crippen LogP contribution in [0.5, 0.6) is 0 Å². The Balaban J connectivity index is -0.000000112. The summed E-state index contributed by atoms with van der Waals surface area (Å²) in [5, 5.41) is 63.5. The zero-order valence-corrected chi connectivity index (χ0v) is 18.4. The Hall–Kier alpha value is -0.221. The zero-order valence-electron chi connectivity index (χ0n) is 11.3. The Bertz CT molecular complexity index is 569. The fraction of sp³-hybridized carbons (Fsp3) is 0. The molecule has 15 heteroatoms. The Morgan fingerprint density at radius 3 is 0.810 bits per heavy atom. The predicted octanol–water partition coefficient (Wildman–Crippen LogP) is -10.8. The van der Waals surface area contributed by atoms with Crippen molar-refractivity contribution in [3.63, 3.8) is 0 Å². The molecule has 0 radical (unpaired) electrons. The predicted molar refractivity (Wildman–Crippen MR) is 47.9 cm³/mol. The van der Waals surface area contributed by atoms with Gasteiger partial charge in [0.15, 0.2) is 0 Å². The second-order valence-electron chi connectivity index (χ2n) is 2.48. The van der Waals surface area contributed by atoms with E-state index in [1.807, 2.05) is 0 Å². The van der Waals surface area contributed by atoms with Gasteiger partial charge in [0, 0.05) is 0 Å². The van der Waals surface area contributed by atoms with Gasteiger partial charge in [-0.3, -0.25) is 0 Å². The molecule has 0 amide bonds. The van der Waals surface area contributed by atoms with E-state index in [4.69, 9.17) is 31.6 Å². The minimum absolute atomic E-state index is 0. The molecule has 0 bridgehead atoms. The number of nitriles is 6. The van der Waals surface area contributed by atoms with Crippen molar-refractivity contribution >= 4 is 0 Å². The molecule has 11 nitrogen and oxygen atoms in total. The summed E-state index contributed by atoms with van der Waals surface area (Å²) in [6.07, 6.45) is 0. The quantitative estimate of drug-likeness (QED) is 0.245. The third-order valence-electron chi connectivity index (χ3n) is 1.79. The molecule has 0 fully saturated rings. The summed E-state index contributed by atoms with van der Waals surface area (Å²) in [6, 6.07) is 0. The SMILES string of the molecule is N#[C][Fe-3]([C]#N)([C]#N)([C]#N)([C]#N)([C]#N)[N+](=O)[O-].O.O.[Na+].[Na+].[Na+]. The van der Waals surface area contributed by atoms with Crippen LogP contribution >= 0.6 is 0 Å². The first-order valence-corrected chi connectivity index (χ1v) is 6.73. The van der Waals surface area contributed by atoms with E-state index >= 15 is 0 Å². The van der Waals surface area contributed by atoms with E-state index < -0.39 is 13.8 Å². The molecule has 0 atom stereocenters. The van der Waals surface area contributed by atoms with Gasteiger partial charge in [0.2, 0.25) is 0 Å². The molecule has 0 heterocycles. The van der Waals surface area contributed by atoms with Gasteiger partial charge in [0.25, 0.3) is 0 Å². The van der Waals surface area contributed by atoms with Crippen molar-refractivity contribution in [3.8, 4) is 29.8 Å². The van der Waals surface area contributed by atoms with Crippen LogP contribution in [-0.4, -0.2) is 14.9 Å². The Morgan fingerprint density at radius 1 is 0.667 bits per heavy atom. The van der Waals surface area contributed by atoms with Crippen LogP contribution in [0.3, 0.4) is 0 Å². The Labute approximate surface area is 182 Å². The van der Waals surface area contributed by atoms with E-state index in [2.05, 4.69) is 0 Å². The largest absolute Gasteiger partial charge is 1.00 e. The second-order valence-corrected chi connectivity index (χ2v) is 9.98. The number of hydrogen-bond acceptors (Lipinski definition) is 8. The monoisotopic (exact) mass is 363 g/mol. The van der Waals surface area contributed by atoms with Crippen molar-refractivity contribution in [3.05, 3.63) is 10.1 Å². The van der Waals surface area contributed by atoms with Gasteiger partial charge in [-0.15, -0.1) is 0 Å². The second kappa shape index (κ2) is 7.87. The molecule has 0 aromatic carbocycles. The molecular weight excluding hydrogens is 359 g/mol. The van der Waals surface area contributed by atoms with Crippen LogP contribution in [-0.2, 0) is 9.90 Å². The topological polar surface area (TPSA) is 249 Å². The summed E-state index contributed by atoms with van der Waals surface area (Å²) < 4.78 is -1.94. The summed E-state index contributed by atoms with van der Waals surface area (Å²) in [5.41, 5.74) is 0. The maximum atomic E-state index is 10.9. The fourth-order valence-electron chi connectivity index (χ4n) is 0.438. The maximum Gasteiger partial charge on any atom is 1.00 e. The number of nitro groups is 1. The molecule has 21 heavy (non-hydrogen) atoms. The van der Waals surface area contributed by atoms with Gasteiger partial charge in [-0.25, -0.2) is 0 Å². The number of rotatable bonds is 1. The van der Waals surface area contributed by atoms with Crippen LogP contribution in [0.2, 0.25) is 0 Å². The summed E-state index contributed by atoms with van der Waals surface area (Å²) in [7, 11) is -8.25. The molecule has 0 rings (SSSR count). The van der Waals surface area contributed by atoms with Crippen molar-refractivity contribution in [2.45, 2.75) is 0 Å². The Kier molecular flexibility index (Phi) is 13.9. The number of hydrogen-bond donors (Lipinski definition) is 0. The molecule has 0 spiro atoms. The van der Waals surface area contributed by atoms with Crippen molar-refractivity contribution in [2.24, 2.45) is 0 Å². The molecule has 0 aliphatic carbocycles. The van der Waals surface area contributed by atoms with Crippen LogP contribution in [0.1, 0.15) is 0 Å². The number of nitrogens with zero attached hydrogens (tertiary/aromatic N) is 7. The van der Waals surface area contributed by atoms with E-state index in [0.29, 0.717) is 29.8 Å². The van der Waals surface area contributed by atoms with Crippen molar-refractivity contribution in [2.75, 3.05) is 0 Å². The van der Waals surface area contributed by atoms with E-state index in [0.717, 1.165) is 0 Å². The normalized spacial score (nSPS) is 11.8. The van der Waals surface area contributed by atoms with E-state index in [1.54, 1.807) is 0 Å². The minimum Gasteiger partial charge on any atom is -0.412 e. The molecular formula is C6H4FeN7Na3O4. The summed E-state index contributed by atoms with van der Waals surface area (Å²) >= 11 is 0. The van der Waals surface area contributed by atoms with Crippen LogP contribution < -0.4 is 88.7 Å². The molecule has 0 saturated heterocycles. The fourth-order valence-corrected chi connectivity index (χ4v) is 1.81. The smallest absolute Gasteiger partial charge is 0.412 e. The molecule has 0 aliphatic heterocycles. The molecule has 0 saturated carbocycles. The third kappa shape index (κ3) is 2.74. The van der Waals surface area contributed by atoms with Crippen molar-refractivity contribution in [1.82, 2.24) is 0 Å².